The molecular weight excluding hydrogens is 178 g/mol. The predicted octanol–water partition coefficient (Wildman–Crippen LogP) is 1.35. The van der Waals surface area contributed by atoms with Gasteiger partial charge < -0.3 is 14.8 Å². The van der Waals surface area contributed by atoms with E-state index in [0.29, 0.717) is 12.7 Å². The third kappa shape index (κ3) is 4.74. The fraction of sp³-hybridized carbons (Fsp3) is 0.818. The summed E-state index contributed by atoms with van der Waals surface area (Å²) >= 11 is 0. The van der Waals surface area contributed by atoms with Gasteiger partial charge in [0.1, 0.15) is 0 Å². The third-order valence-electron chi connectivity index (χ3n) is 2.21. The molecule has 14 heavy (non-hydrogen) atoms. The van der Waals surface area contributed by atoms with E-state index in [9.17, 15) is 0 Å². The van der Waals surface area contributed by atoms with Gasteiger partial charge in [0.15, 0.2) is 0 Å². The molecule has 0 saturated carbocycles. The molecule has 1 fully saturated rings. The zero-order valence-electron chi connectivity index (χ0n) is 9.21. The Morgan fingerprint density at radius 1 is 1.57 bits per heavy atom. The van der Waals surface area contributed by atoms with Gasteiger partial charge in [-0.05, 0) is 20.3 Å². The van der Waals surface area contributed by atoms with Gasteiger partial charge in [-0.2, -0.15) is 0 Å². The molecule has 0 aliphatic carbocycles. The van der Waals surface area contributed by atoms with Crippen LogP contribution in [0.2, 0.25) is 0 Å². The molecule has 0 spiro atoms. The first-order valence-electron chi connectivity index (χ1n) is 5.27. The summed E-state index contributed by atoms with van der Waals surface area (Å²) in [4.78, 5) is 0. The lowest BCUT2D eigenvalue weighted by Crippen LogP contribution is -2.45. The summed E-state index contributed by atoms with van der Waals surface area (Å²) in [5, 5.41) is 3.31. The summed E-state index contributed by atoms with van der Waals surface area (Å²) in [5.41, 5.74) is 1.17. The van der Waals surface area contributed by atoms with Crippen molar-refractivity contribution in [2.75, 3.05) is 26.3 Å². The van der Waals surface area contributed by atoms with Crippen molar-refractivity contribution < 1.29 is 9.47 Å². The summed E-state index contributed by atoms with van der Waals surface area (Å²) in [6.07, 6.45) is 1.46. The van der Waals surface area contributed by atoms with Crippen molar-refractivity contribution in [3.63, 3.8) is 0 Å². The average Bonchev–Trinajstić information content (AvgIpc) is 2.12. The Morgan fingerprint density at radius 2 is 2.36 bits per heavy atom. The van der Waals surface area contributed by atoms with Crippen LogP contribution in [0.15, 0.2) is 12.2 Å². The van der Waals surface area contributed by atoms with Gasteiger partial charge in [-0.1, -0.05) is 5.57 Å². The highest BCUT2D eigenvalue weighted by Gasteiger charge is 2.18. The Bertz CT molecular complexity index is 182. The van der Waals surface area contributed by atoms with Gasteiger partial charge in [-0.25, -0.2) is 0 Å². The first kappa shape index (κ1) is 11.7. The zero-order valence-corrected chi connectivity index (χ0v) is 9.21. The Labute approximate surface area is 86.5 Å². The van der Waals surface area contributed by atoms with Gasteiger partial charge in [-0.15, -0.1) is 6.58 Å². The lowest BCUT2D eigenvalue weighted by Gasteiger charge is -2.28. The van der Waals surface area contributed by atoms with Crippen molar-refractivity contribution in [3.8, 4) is 0 Å². The Hall–Kier alpha value is -0.380. The SMILES string of the molecule is C=C(C)CCOCC1CNCC(C)O1. The topological polar surface area (TPSA) is 30.5 Å². The third-order valence-corrected chi connectivity index (χ3v) is 2.21. The van der Waals surface area contributed by atoms with Gasteiger partial charge in [0.05, 0.1) is 25.4 Å². The molecule has 2 atom stereocenters. The molecule has 0 aromatic carbocycles. The summed E-state index contributed by atoms with van der Waals surface area (Å²) in [7, 11) is 0. The molecule has 1 aliphatic heterocycles. The van der Waals surface area contributed by atoms with Crippen LogP contribution in [0, 0.1) is 0 Å². The fourth-order valence-corrected chi connectivity index (χ4v) is 1.43. The van der Waals surface area contributed by atoms with E-state index in [-0.39, 0.29) is 6.10 Å². The van der Waals surface area contributed by atoms with Gasteiger partial charge in [0.2, 0.25) is 0 Å². The molecule has 3 nitrogen and oxygen atoms in total. The van der Waals surface area contributed by atoms with Crippen LogP contribution in [0.25, 0.3) is 0 Å². The molecule has 1 saturated heterocycles. The molecule has 3 heteroatoms. The number of hydrogen-bond donors (Lipinski definition) is 1. The standard InChI is InChI=1S/C11H21NO2/c1-9(2)4-5-13-8-11-7-12-6-10(3)14-11/h10-12H,1,4-8H2,2-3H3. The van der Waals surface area contributed by atoms with Crippen molar-refractivity contribution in [2.45, 2.75) is 32.5 Å². The lowest BCUT2D eigenvalue weighted by molar-refractivity contribution is -0.0681. The zero-order chi connectivity index (χ0) is 10.4. The smallest absolute Gasteiger partial charge is 0.0936 e. The molecule has 1 heterocycles. The summed E-state index contributed by atoms with van der Waals surface area (Å²) in [5.74, 6) is 0. The van der Waals surface area contributed by atoms with Crippen LogP contribution in [-0.4, -0.2) is 38.5 Å². The van der Waals surface area contributed by atoms with Crippen LogP contribution in [0.5, 0.6) is 0 Å². The highest BCUT2D eigenvalue weighted by Crippen LogP contribution is 2.04. The monoisotopic (exact) mass is 199 g/mol. The molecule has 0 radical (unpaired) electrons. The number of rotatable bonds is 5. The molecule has 0 bridgehead atoms. The second kappa shape index (κ2) is 6.17. The second-order valence-corrected chi connectivity index (χ2v) is 4.01. The summed E-state index contributed by atoms with van der Waals surface area (Å²) in [6, 6.07) is 0. The largest absolute Gasteiger partial charge is 0.378 e. The van der Waals surface area contributed by atoms with E-state index in [4.69, 9.17) is 9.47 Å². The van der Waals surface area contributed by atoms with Crippen LogP contribution >= 0.6 is 0 Å². The molecule has 0 aromatic rings. The minimum absolute atomic E-state index is 0.212. The van der Waals surface area contributed by atoms with Crippen molar-refractivity contribution >= 4 is 0 Å². The molecule has 1 N–H and O–H groups in total. The minimum atomic E-state index is 0.212. The molecular formula is C11H21NO2. The maximum absolute atomic E-state index is 5.68. The molecule has 1 rings (SSSR count). The predicted molar refractivity (Wildman–Crippen MR) is 57.5 cm³/mol. The number of hydrogen-bond acceptors (Lipinski definition) is 3. The van der Waals surface area contributed by atoms with E-state index < -0.39 is 0 Å². The fourth-order valence-electron chi connectivity index (χ4n) is 1.43. The Morgan fingerprint density at radius 3 is 3.00 bits per heavy atom. The lowest BCUT2D eigenvalue weighted by atomic mass is 10.2. The van der Waals surface area contributed by atoms with Crippen molar-refractivity contribution in [3.05, 3.63) is 12.2 Å². The Balaban J connectivity index is 2.03. The van der Waals surface area contributed by atoms with Crippen molar-refractivity contribution in [1.82, 2.24) is 5.32 Å². The van der Waals surface area contributed by atoms with E-state index in [1.807, 2.05) is 6.92 Å². The molecule has 2 unspecified atom stereocenters. The van der Waals surface area contributed by atoms with Crippen molar-refractivity contribution in [1.29, 1.82) is 0 Å². The molecule has 1 aliphatic rings. The van der Waals surface area contributed by atoms with E-state index in [1.54, 1.807) is 0 Å². The summed E-state index contributed by atoms with van der Waals surface area (Å²) in [6.45, 7) is 11.2. The van der Waals surface area contributed by atoms with Crippen LogP contribution in [-0.2, 0) is 9.47 Å². The second-order valence-electron chi connectivity index (χ2n) is 4.01. The number of ether oxygens (including phenoxy) is 2. The first-order valence-corrected chi connectivity index (χ1v) is 5.27. The van der Waals surface area contributed by atoms with Crippen LogP contribution in [0.4, 0.5) is 0 Å². The normalized spacial score (nSPS) is 27.6. The highest BCUT2D eigenvalue weighted by atomic mass is 16.5. The van der Waals surface area contributed by atoms with Gasteiger partial charge in [0.25, 0.3) is 0 Å². The molecule has 82 valence electrons. The van der Waals surface area contributed by atoms with Crippen LogP contribution in [0.1, 0.15) is 20.3 Å². The van der Waals surface area contributed by atoms with Crippen LogP contribution < -0.4 is 5.32 Å². The van der Waals surface area contributed by atoms with Crippen molar-refractivity contribution in [2.24, 2.45) is 0 Å². The van der Waals surface area contributed by atoms with E-state index in [2.05, 4.69) is 18.8 Å². The van der Waals surface area contributed by atoms with Gasteiger partial charge in [0, 0.05) is 13.1 Å². The molecule has 0 aromatic heterocycles. The maximum Gasteiger partial charge on any atom is 0.0936 e. The van der Waals surface area contributed by atoms with E-state index >= 15 is 0 Å². The van der Waals surface area contributed by atoms with Gasteiger partial charge in [-0.3, -0.25) is 0 Å². The quantitative estimate of drug-likeness (QED) is 0.535. The number of morpholine rings is 1. The highest BCUT2D eigenvalue weighted by molar-refractivity contribution is 4.87. The van der Waals surface area contributed by atoms with E-state index in [1.165, 1.54) is 5.57 Å². The van der Waals surface area contributed by atoms with E-state index in [0.717, 1.165) is 26.1 Å². The molecule has 0 amide bonds. The summed E-state index contributed by atoms with van der Waals surface area (Å²) < 4.78 is 11.2. The minimum Gasteiger partial charge on any atom is -0.378 e. The first-order chi connectivity index (χ1) is 6.68. The van der Waals surface area contributed by atoms with Gasteiger partial charge >= 0.3 is 0 Å². The number of nitrogens with one attached hydrogen (secondary N) is 1. The Kier molecular flexibility index (Phi) is 5.15. The maximum atomic E-state index is 5.68. The van der Waals surface area contributed by atoms with Crippen LogP contribution in [0.3, 0.4) is 0 Å². The average molecular weight is 199 g/mol.